The van der Waals surface area contributed by atoms with Gasteiger partial charge in [0.15, 0.2) is 11.6 Å². The van der Waals surface area contributed by atoms with Crippen molar-refractivity contribution in [1.82, 2.24) is 9.97 Å². The van der Waals surface area contributed by atoms with Crippen LogP contribution in [0.3, 0.4) is 0 Å². The molecule has 1 heterocycles. The lowest BCUT2D eigenvalue weighted by atomic mass is 10.2. The van der Waals surface area contributed by atoms with E-state index in [2.05, 4.69) is 20.0 Å². The molecule has 0 fully saturated rings. The van der Waals surface area contributed by atoms with Crippen LogP contribution in [0.15, 0.2) is 65.6 Å². The van der Waals surface area contributed by atoms with E-state index in [0.717, 1.165) is 5.56 Å². The summed E-state index contributed by atoms with van der Waals surface area (Å²) in [4.78, 5) is 9.20. The predicted octanol–water partition coefficient (Wildman–Crippen LogP) is 5.15. The maximum Gasteiger partial charge on any atom is 0.263 e. The van der Waals surface area contributed by atoms with Crippen LogP contribution in [0.5, 0.6) is 11.5 Å². The summed E-state index contributed by atoms with van der Waals surface area (Å²) < 4.78 is 39.4. The number of halogens is 1. The molecule has 0 aliphatic heterocycles. The van der Waals surface area contributed by atoms with E-state index in [1.165, 1.54) is 20.3 Å². The molecular weight excluding hydrogens is 464 g/mol. The molecule has 0 aliphatic rings. The van der Waals surface area contributed by atoms with Crippen LogP contribution < -0.4 is 19.5 Å². The van der Waals surface area contributed by atoms with Gasteiger partial charge in [-0.25, -0.2) is 18.4 Å². The van der Waals surface area contributed by atoms with Gasteiger partial charge < -0.3 is 14.8 Å². The van der Waals surface area contributed by atoms with Gasteiger partial charge in [-0.1, -0.05) is 35.9 Å². The molecule has 10 heteroatoms. The van der Waals surface area contributed by atoms with Crippen molar-refractivity contribution < 1.29 is 17.9 Å². The third-order valence-corrected chi connectivity index (χ3v) is 6.46. The fourth-order valence-corrected chi connectivity index (χ4v) is 4.57. The van der Waals surface area contributed by atoms with Gasteiger partial charge in [-0.2, -0.15) is 0 Å². The van der Waals surface area contributed by atoms with Crippen LogP contribution in [-0.2, 0) is 10.0 Å². The zero-order chi connectivity index (χ0) is 23.6. The minimum absolute atomic E-state index is 0.0317. The van der Waals surface area contributed by atoms with E-state index in [9.17, 15) is 8.42 Å². The predicted molar refractivity (Wildman–Crippen MR) is 129 cm³/mol. The Morgan fingerprint density at radius 1 is 0.848 bits per heavy atom. The molecule has 3 aromatic carbocycles. The molecule has 170 valence electrons. The first-order valence-electron chi connectivity index (χ1n) is 9.85. The molecule has 8 nitrogen and oxygen atoms in total. The number of ether oxygens (including phenoxy) is 2. The average Bonchev–Trinajstić information content (AvgIpc) is 2.79. The Kier molecular flexibility index (Phi) is 6.26. The number of fused-ring (bicyclic) bond motifs is 1. The number of hydrogen-bond donors (Lipinski definition) is 2. The summed E-state index contributed by atoms with van der Waals surface area (Å²) in [6.07, 6.45) is 0. The first-order chi connectivity index (χ1) is 15.8. The number of nitrogens with one attached hydrogen (secondary N) is 2. The van der Waals surface area contributed by atoms with Crippen LogP contribution in [0.4, 0.5) is 17.3 Å². The fraction of sp³-hybridized carbons (Fsp3) is 0.130. The van der Waals surface area contributed by atoms with Gasteiger partial charge >= 0.3 is 0 Å². The Morgan fingerprint density at radius 2 is 1.52 bits per heavy atom. The van der Waals surface area contributed by atoms with E-state index in [-0.39, 0.29) is 16.5 Å². The van der Waals surface area contributed by atoms with Crippen molar-refractivity contribution in [3.63, 3.8) is 0 Å². The molecule has 0 amide bonds. The Balaban J connectivity index is 1.82. The van der Waals surface area contributed by atoms with Gasteiger partial charge in [0.25, 0.3) is 10.0 Å². The molecule has 2 N–H and O–H groups in total. The monoisotopic (exact) mass is 484 g/mol. The highest BCUT2D eigenvalue weighted by molar-refractivity contribution is 7.92. The van der Waals surface area contributed by atoms with Gasteiger partial charge in [-0.05, 0) is 42.8 Å². The number of benzene rings is 3. The Hall–Kier alpha value is -3.56. The fourth-order valence-electron chi connectivity index (χ4n) is 3.21. The second-order valence-electron chi connectivity index (χ2n) is 7.14. The van der Waals surface area contributed by atoms with Gasteiger partial charge in [0, 0.05) is 6.07 Å². The summed E-state index contributed by atoms with van der Waals surface area (Å²) in [5, 5.41) is 3.44. The quantitative estimate of drug-likeness (QED) is 0.373. The van der Waals surface area contributed by atoms with E-state index < -0.39 is 10.0 Å². The molecule has 0 atom stereocenters. The van der Waals surface area contributed by atoms with Crippen LogP contribution in [0, 0.1) is 6.92 Å². The van der Waals surface area contributed by atoms with Crippen LogP contribution >= 0.6 is 11.6 Å². The third kappa shape index (κ3) is 4.79. The maximum absolute atomic E-state index is 13.1. The smallest absolute Gasteiger partial charge is 0.263 e. The van der Waals surface area contributed by atoms with E-state index in [1.54, 1.807) is 42.5 Å². The number of hydrogen-bond acceptors (Lipinski definition) is 7. The van der Waals surface area contributed by atoms with Crippen LogP contribution in [0.25, 0.3) is 11.0 Å². The molecule has 0 bridgehead atoms. The molecule has 0 radical (unpaired) electrons. The first-order valence-corrected chi connectivity index (χ1v) is 11.7. The maximum atomic E-state index is 13.1. The van der Waals surface area contributed by atoms with Crippen molar-refractivity contribution in [1.29, 1.82) is 0 Å². The highest BCUT2D eigenvalue weighted by Crippen LogP contribution is 2.38. The summed E-state index contributed by atoms with van der Waals surface area (Å²) in [5.74, 6) is 1.08. The van der Waals surface area contributed by atoms with E-state index in [0.29, 0.717) is 33.2 Å². The molecule has 0 saturated carbocycles. The van der Waals surface area contributed by atoms with Crippen molar-refractivity contribution in [2.75, 3.05) is 24.3 Å². The number of aromatic nitrogens is 2. The average molecular weight is 485 g/mol. The second kappa shape index (κ2) is 9.13. The number of anilines is 3. The van der Waals surface area contributed by atoms with Crippen molar-refractivity contribution in [2.24, 2.45) is 0 Å². The topological polar surface area (TPSA) is 102 Å². The van der Waals surface area contributed by atoms with E-state index in [4.69, 9.17) is 21.1 Å². The number of aryl methyl sites for hydroxylation is 1. The highest BCUT2D eigenvalue weighted by atomic mass is 35.5. The lowest BCUT2D eigenvalue weighted by Crippen LogP contribution is -2.16. The first kappa shape index (κ1) is 22.6. The standard InChI is InChI=1S/C23H21ClN4O4S/c1-14-7-6-8-15(11-14)33(29,30)28-23-22(25-17-9-4-5-10-18(17)26-23)27-19-12-16(24)20(31-2)13-21(19)32-3/h4-13H,1-3H3,(H,25,27)(H,26,28). The Morgan fingerprint density at radius 3 is 2.15 bits per heavy atom. The van der Waals surface area contributed by atoms with Gasteiger partial charge in [0.1, 0.15) is 11.5 Å². The lowest BCUT2D eigenvalue weighted by molar-refractivity contribution is 0.396. The zero-order valence-electron chi connectivity index (χ0n) is 18.1. The summed E-state index contributed by atoms with van der Waals surface area (Å²) in [6, 6.07) is 17.0. The minimum Gasteiger partial charge on any atom is -0.495 e. The zero-order valence-corrected chi connectivity index (χ0v) is 19.7. The van der Waals surface area contributed by atoms with Gasteiger partial charge in [0.05, 0.1) is 40.9 Å². The molecule has 4 aromatic rings. The van der Waals surface area contributed by atoms with Crippen molar-refractivity contribution in [3.8, 4) is 11.5 Å². The molecule has 33 heavy (non-hydrogen) atoms. The second-order valence-corrected chi connectivity index (χ2v) is 9.23. The van der Waals surface area contributed by atoms with Crippen LogP contribution in [-0.4, -0.2) is 32.6 Å². The molecule has 0 unspecified atom stereocenters. The van der Waals surface area contributed by atoms with Gasteiger partial charge in [0.2, 0.25) is 0 Å². The number of nitrogens with zero attached hydrogens (tertiary/aromatic N) is 2. The van der Waals surface area contributed by atoms with E-state index in [1.807, 2.05) is 19.1 Å². The summed E-state index contributed by atoms with van der Waals surface area (Å²) in [5.41, 5.74) is 2.39. The molecule has 0 aliphatic carbocycles. The van der Waals surface area contributed by atoms with Crippen LogP contribution in [0.1, 0.15) is 5.56 Å². The molecule has 4 rings (SSSR count). The third-order valence-electron chi connectivity index (χ3n) is 4.83. The lowest BCUT2D eigenvalue weighted by Gasteiger charge is -2.16. The van der Waals surface area contributed by atoms with Crippen LogP contribution in [0.2, 0.25) is 5.02 Å². The molecule has 0 spiro atoms. The highest BCUT2D eigenvalue weighted by Gasteiger charge is 2.20. The molecular formula is C23H21ClN4O4S. The number of methoxy groups -OCH3 is 2. The normalized spacial score (nSPS) is 11.3. The van der Waals surface area contributed by atoms with Gasteiger partial charge in [-0.3, -0.25) is 4.72 Å². The minimum atomic E-state index is -3.92. The number of para-hydroxylation sites is 2. The van der Waals surface area contributed by atoms with Crippen molar-refractivity contribution >= 4 is 50.0 Å². The largest absolute Gasteiger partial charge is 0.495 e. The van der Waals surface area contributed by atoms with Crippen molar-refractivity contribution in [3.05, 3.63) is 71.2 Å². The SMILES string of the molecule is COc1cc(OC)c(Nc2nc3ccccc3nc2NS(=O)(=O)c2cccc(C)c2)cc1Cl. The van der Waals surface area contributed by atoms with Gasteiger partial charge in [-0.15, -0.1) is 0 Å². The van der Waals surface area contributed by atoms with Crippen molar-refractivity contribution in [2.45, 2.75) is 11.8 Å². The molecule has 1 aromatic heterocycles. The number of sulfonamides is 1. The number of rotatable bonds is 7. The summed E-state index contributed by atoms with van der Waals surface area (Å²) >= 11 is 6.29. The summed E-state index contributed by atoms with van der Waals surface area (Å²) in [7, 11) is -0.922. The molecule has 0 saturated heterocycles. The summed E-state index contributed by atoms with van der Waals surface area (Å²) in [6.45, 7) is 1.82. The Bertz CT molecular complexity index is 1440. The Labute approximate surface area is 196 Å². The van der Waals surface area contributed by atoms with E-state index >= 15 is 0 Å².